The first-order chi connectivity index (χ1) is 14.0. The summed E-state index contributed by atoms with van der Waals surface area (Å²) in [6, 6.07) is 8.76. The molecule has 1 aromatic carbocycles. The van der Waals surface area contributed by atoms with Crippen LogP contribution >= 0.6 is 0 Å². The smallest absolute Gasteiger partial charge is 0.262 e. The van der Waals surface area contributed by atoms with Crippen LogP contribution in [0.15, 0.2) is 36.5 Å². The van der Waals surface area contributed by atoms with Crippen LogP contribution in [0.5, 0.6) is 5.75 Å². The molecule has 0 atom stereocenters. The molecule has 8 nitrogen and oxygen atoms in total. The SMILES string of the molecule is CCc1nc2ccc(C(=O)Nc3ccc4c(c3)OCC(=O)N4)cn2c1N(C)CC. The maximum Gasteiger partial charge on any atom is 0.262 e. The maximum atomic E-state index is 12.8. The Hall–Kier alpha value is -3.55. The largest absolute Gasteiger partial charge is 0.482 e. The molecule has 2 N–H and O–H groups in total. The summed E-state index contributed by atoms with van der Waals surface area (Å²) in [5, 5.41) is 5.62. The van der Waals surface area contributed by atoms with E-state index in [1.165, 1.54) is 0 Å². The second-order valence-electron chi connectivity index (χ2n) is 6.90. The van der Waals surface area contributed by atoms with Crippen molar-refractivity contribution in [1.82, 2.24) is 9.38 Å². The lowest BCUT2D eigenvalue weighted by Gasteiger charge is -2.19. The van der Waals surface area contributed by atoms with Gasteiger partial charge in [0.15, 0.2) is 6.61 Å². The number of nitrogens with zero attached hydrogens (tertiary/aromatic N) is 3. The van der Waals surface area contributed by atoms with E-state index < -0.39 is 0 Å². The average molecular weight is 393 g/mol. The van der Waals surface area contributed by atoms with Gasteiger partial charge in [0.1, 0.15) is 17.2 Å². The number of anilines is 3. The molecule has 0 fully saturated rings. The molecule has 0 bridgehead atoms. The summed E-state index contributed by atoms with van der Waals surface area (Å²) in [7, 11) is 2.02. The number of benzene rings is 1. The highest BCUT2D eigenvalue weighted by Crippen LogP contribution is 2.31. The van der Waals surface area contributed by atoms with Crippen LogP contribution in [0.3, 0.4) is 0 Å². The van der Waals surface area contributed by atoms with E-state index in [1.54, 1.807) is 24.3 Å². The third-order valence-electron chi connectivity index (χ3n) is 4.97. The minimum atomic E-state index is -0.233. The number of fused-ring (bicyclic) bond motifs is 2. The Morgan fingerprint density at radius 1 is 1.31 bits per heavy atom. The highest BCUT2D eigenvalue weighted by Gasteiger charge is 2.18. The molecule has 0 unspecified atom stereocenters. The number of hydrogen-bond donors (Lipinski definition) is 2. The van der Waals surface area contributed by atoms with Crippen molar-refractivity contribution in [2.75, 3.05) is 35.7 Å². The van der Waals surface area contributed by atoms with E-state index in [0.29, 0.717) is 22.7 Å². The van der Waals surface area contributed by atoms with Gasteiger partial charge in [-0.05, 0) is 37.6 Å². The summed E-state index contributed by atoms with van der Waals surface area (Å²) in [4.78, 5) is 31.0. The zero-order valence-electron chi connectivity index (χ0n) is 16.7. The van der Waals surface area contributed by atoms with Crippen LogP contribution in [0.25, 0.3) is 5.65 Å². The van der Waals surface area contributed by atoms with Gasteiger partial charge in [-0.25, -0.2) is 4.98 Å². The zero-order valence-corrected chi connectivity index (χ0v) is 16.7. The average Bonchev–Trinajstić information content (AvgIpc) is 3.11. The number of nitrogens with one attached hydrogen (secondary N) is 2. The second-order valence-corrected chi connectivity index (χ2v) is 6.90. The first kappa shape index (κ1) is 18.8. The van der Waals surface area contributed by atoms with Gasteiger partial charge >= 0.3 is 0 Å². The van der Waals surface area contributed by atoms with Crippen molar-refractivity contribution in [3.63, 3.8) is 0 Å². The highest BCUT2D eigenvalue weighted by molar-refractivity contribution is 6.05. The third-order valence-corrected chi connectivity index (χ3v) is 4.97. The minimum absolute atomic E-state index is 0.0326. The molecule has 1 aliphatic heterocycles. The molecular formula is C21H23N5O3. The summed E-state index contributed by atoms with van der Waals surface area (Å²) in [6.07, 6.45) is 2.63. The zero-order chi connectivity index (χ0) is 20.5. The molecule has 150 valence electrons. The van der Waals surface area contributed by atoms with Gasteiger partial charge in [0.05, 0.1) is 16.9 Å². The molecule has 8 heteroatoms. The van der Waals surface area contributed by atoms with Crippen LogP contribution in [0.4, 0.5) is 17.2 Å². The normalized spacial score (nSPS) is 12.9. The molecular weight excluding hydrogens is 370 g/mol. The number of carbonyl (C=O) groups excluding carboxylic acids is 2. The Morgan fingerprint density at radius 2 is 2.14 bits per heavy atom. The lowest BCUT2D eigenvalue weighted by atomic mass is 10.2. The third kappa shape index (κ3) is 3.49. The monoisotopic (exact) mass is 393 g/mol. The van der Waals surface area contributed by atoms with Crippen molar-refractivity contribution in [2.24, 2.45) is 0 Å². The van der Waals surface area contributed by atoms with Crippen LogP contribution in [0.2, 0.25) is 0 Å². The molecule has 29 heavy (non-hydrogen) atoms. The Kier molecular flexibility index (Phi) is 4.84. The Labute approximate surface area is 168 Å². The van der Waals surface area contributed by atoms with Gasteiger partial charge in [-0.1, -0.05) is 6.92 Å². The number of carbonyl (C=O) groups is 2. The molecule has 2 amide bonds. The number of rotatable bonds is 5. The fourth-order valence-electron chi connectivity index (χ4n) is 3.36. The first-order valence-corrected chi connectivity index (χ1v) is 9.60. The number of amides is 2. The van der Waals surface area contributed by atoms with E-state index >= 15 is 0 Å². The highest BCUT2D eigenvalue weighted by atomic mass is 16.5. The predicted octanol–water partition coefficient (Wildman–Crippen LogP) is 2.94. The molecule has 3 aromatic rings. The van der Waals surface area contributed by atoms with Crippen LogP contribution in [-0.4, -0.2) is 41.4 Å². The fourth-order valence-corrected chi connectivity index (χ4v) is 3.36. The Balaban J connectivity index is 1.63. The summed E-state index contributed by atoms with van der Waals surface area (Å²) in [5.41, 5.74) is 3.52. The van der Waals surface area contributed by atoms with Gasteiger partial charge in [0, 0.05) is 31.5 Å². The molecule has 0 aliphatic carbocycles. The van der Waals surface area contributed by atoms with E-state index in [-0.39, 0.29) is 18.4 Å². The number of aryl methyl sites for hydroxylation is 1. The van der Waals surface area contributed by atoms with E-state index in [1.807, 2.05) is 23.7 Å². The number of ether oxygens (including phenoxy) is 1. The van der Waals surface area contributed by atoms with Gasteiger partial charge in [-0.15, -0.1) is 0 Å². The molecule has 4 rings (SSSR count). The van der Waals surface area contributed by atoms with Crippen LogP contribution < -0.4 is 20.3 Å². The molecule has 3 heterocycles. The molecule has 0 saturated carbocycles. The van der Waals surface area contributed by atoms with Gasteiger partial charge in [-0.2, -0.15) is 0 Å². The number of pyridine rings is 1. The summed E-state index contributed by atoms with van der Waals surface area (Å²) in [6.45, 7) is 4.96. The van der Waals surface area contributed by atoms with E-state index in [0.717, 1.165) is 30.1 Å². The van der Waals surface area contributed by atoms with E-state index in [9.17, 15) is 9.59 Å². The van der Waals surface area contributed by atoms with Crippen molar-refractivity contribution in [3.05, 3.63) is 47.8 Å². The Bertz CT molecular complexity index is 1110. The van der Waals surface area contributed by atoms with Crippen LogP contribution in [0.1, 0.15) is 29.9 Å². The van der Waals surface area contributed by atoms with Gasteiger partial charge < -0.3 is 20.3 Å². The molecule has 0 saturated heterocycles. The lowest BCUT2D eigenvalue weighted by Crippen LogP contribution is -2.25. The van der Waals surface area contributed by atoms with Gasteiger partial charge in [-0.3, -0.25) is 14.0 Å². The van der Waals surface area contributed by atoms with Crippen molar-refractivity contribution < 1.29 is 14.3 Å². The molecule has 1 aliphatic rings. The van der Waals surface area contributed by atoms with Gasteiger partial charge in [0.25, 0.3) is 11.8 Å². The number of imidazole rings is 1. The standard InChI is InChI=1S/C21H23N5O3/c1-4-15-21(25(3)5-2)26-11-13(6-9-18(26)23-15)20(28)22-14-7-8-16-17(10-14)29-12-19(27)24-16/h6-11H,4-5,12H2,1-3H3,(H,22,28)(H,24,27). The van der Waals surface area contributed by atoms with E-state index in [4.69, 9.17) is 4.74 Å². The molecule has 2 aromatic heterocycles. The van der Waals surface area contributed by atoms with Crippen molar-refractivity contribution in [3.8, 4) is 5.75 Å². The van der Waals surface area contributed by atoms with Gasteiger partial charge in [0.2, 0.25) is 0 Å². The van der Waals surface area contributed by atoms with Crippen molar-refractivity contribution in [1.29, 1.82) is 0 Å². The first-order valence-electron chi connectivity index (χ1n) is 9.60. The predicted molar refractivity (Wildman–Crippen MR) is 112 cm³/mol. The number of aromatic nitrogens is 2. The molecule has 0 radical (unpaired) electrons. The Morgan fingerprint density at radius 3 is 2.90 bits per heavy atom. The summed E-state index contributed by atoms with van der Waals surface area (Å²) < 4.78 is 7.37. The summed E-state index contributed by atoms with van der Waals surface area (Å²) >= 11 is 0. The minimum Gasteiger partial charge on any atom is -0.482 e. The topological polar surface area (TPSA) is 88.0 Å². The quantitative estimate of drug-likeness (QED) is 0.696. The van der Waals surface area contributed by atoms with Crippen molar-refractivity contribution in [2.45, 2.75) is 20.3 Å². The maximum absolute atomic E-state index is 12.8. The van der Waals surface area contributed by atoms with Crippen molar-refractivity contribution >= 4 is 34.7 Å². The van der Waals surface area contributed by atoms with Crippen LogP contribution in [-0.2, 0) is 11.2 Å². The number of hydrogen-bond acceptors (Lipinski definition) is 5. The van der Waals surface area contributed by atoms with E-state index in [2.05, 4.69) is 34.4 Å². The molecule has 0 spiro atoms. The summed E-state index contributed by atoms with van der Waals surface area (Å²) in [5.74, 6) is 1.11. The lowest BCUT2D eigenvalue weighted by molar-refractivity contribution is -0.118. The second kappa shape index (κ2) is 7.46. The fraction of sp³-hybridized carbons (Fsp3) is 0.286. The van der Waals surface area contributed by atoms with Crippen LogP contribution in [0, 0.1) is 0 Å².